The van der Waals surface area contributed by atoms with Gasteiger partial charge in [0.1, 0.15) is 6.54 Å². The zero-order valence-electron chi connectivity index (χ0n) is 13.3. The molecule has 0 unspecified atom stereocenters. The molecule has 0 saturated carbocycles. The second-order valence-electron chi connectivity index (χ2n) is 6.36. The SMILES string of the molecule is O=C(O)CN(C(=O)c1ccc2c(c1)CCCC2)C1CCOCC1. The number of carbonyl (C=O) groups is 2. The Morgan fingerprint density at radius 1 is 1.13 bits per heavy atom. The Morgan fingerprint density at radius 2 is 1.83 bits per heavy atom. The average molecular weight is 317 g/mol. The van der Waals surface area contributed by atoms with E-state index in [1.54, 1.807) is 0 Å². The minimum Gasteiger partial charge on any atom is -0.480 e. The molecule has 1 aliphatic heterocycles. The van der Waals surface area contributed by atoms with Crippen LogP contribution in [-0.4, -0.2) is 47.7 Å². The number of nitrogens with zero attached hydrogens (tertiary/aromatic N) is 1. The normalized spacial score (nSPS) is 18.3. The Balaban J connectivity index is 1.83. The fourth-order valence-electron chi connectivity index (χ4n) is 3.54. The molecule has 0 radical (unpaired) electrons. The van der Waals surface area contributed by atoms with Gasteiger partial charge in [-0.1, -0.05) is 6.07 Å². The van der Waals surface area contributed by atoms with E-state index in [0.29, 0.717) is 31.6 Å². The van der Waals surface area contributed by atoms with Crippen molar-refractivity contribution in [1.29, 1.82) is 0 Å². The van der Waals surface area contributed by atoms with Crippen molar-refractivity contribution in [2.75, 3.05) is 19.8 Å². The topological polar surface area (TPSA) is 66.8 Å². The number of aryl methyl sites for hydroxylation is 2. The van der Waals surface area contributed by atoms with Crippen LogP contribution >= 0.6 is 0 Å². The summed E-state index contributed by atoms with van der Waals surface area (Å²) in [7, 11) is 0. The number of carboxylic acid groups (broad SMARTS) is 1. The first-order valence-corrected chi connectivity index (χ1v) is 8.37. The minimum atomic E-state index is -0.970. The first-order chi connectivity index (χ1) is 11.1. The molecule has 1 aliphatic carbocycles. The molecule has 124 valence electrons. The van der Waals surface area contributed by atoms with Crippen molar-refractivity contribution in [3.63, 3.8) is 0 Å². The number of carboxylic acids is 1. The van der Waals surface area contributed by atoms with Crippen LogP contribution in [-0.2, 0) is 22.4 Å². The molecule has 0 spiro atoms. The molecule has 1 aromatic rings. The van der Waals surface area contributed by atoms with E-state index in [4.69, 9.17) is 4.74 Å². The van der Waals surface area contributed by atoms with Gasteiger partial charge >= 0.3 is 5.97 Å². The Kier molecular flexibility index (Phi) is 4.96. The summed E-state index contributed by atoms with van der Waals surface area (Å²) in [5, 5.41) is 9.18. The molecule has 1 amide bonds. The number of benzene rings is 1. The quantitative estimate of drug-likeness (QED) is 0.925. The average Bonchev–Trinajstić information content (AvgIpc) is 2.59. The Labute approximate surface area is 136 Å². The number of carbonyl (C=O) groups excluding carboxylic acids is 1. The largest absolute Gasteiger partial charge is 0.480 e. The molecule has 1 fully saturated rings. The third-order valence-electron chi connectivity index (χ3n) is 4.79. The highest BCUT2D eigenvalue weighted by Crippen LogP contribution is 2.24. The fourth-order valence-corrected chi connectivity index (χ4v) is 3.54. The smallest absolute Gasteiger partial charge is 0.323 e. The summed E-state index contributed by atoms with van der Waals surface area (Å²) in [5.41, 5.74) is 3.17. The van der Waals surface area contributed by atoms with Gasteiger partial charge in [0.15, 0.2) is 0 Å². The molecule has 1 N–H and O–H groups in total. The van der Waals surface area contributed by atoms with Crippen molar-refractivity contribution >= 4 is 11.9 Å². The second kappa shape index (κ2) is 7.13. The molecular weight excluding hydrogens is 294 g/mol. The van der Waals surface area contributed by atoms with E-state index in [9.17, 15) is 14.7 Å². The molecule has 5 nitrogen and oxygen atoms in total. The van der Waals surface area contributed by atoms with Crippen molar-refractivity contribution in [2.24, 2.45) is 0 Å². The molecule has 1 heterocycles. The van der Waals surface area contributed by atoms with Gasteiger partial charge in [-0.05, 0) is 61.8 Å². The summed E-state index contributed by atoms with van der Waals surface area (Å²) >= 11 is 0. The van der Waals surface area contributed by atoms with Crippen LogP contribution in [0.2, 0.25) is 0 Å². The molecule has 23 heavy (non-hydrogen) atoms. The summed E-state index contributed by atoms with van der Waals surface area (Å²) in [4.78, 5) is 25.6. The molecule has 3 rings (SSSR count). The zero-order valence-corrected chi connectivity index (χ0v) is 13.3. The minimum absolute atomic E-state index is 0.0524. The van der Waals surface area contributed by atoms with E-state index in [-0.39, 0.29) is 18.5 Å². The highest BCUT2D eigenvalue weighted by atomic mass is 16.5. The van der Waals surface area contributed by atoms with Crippen LogP contribution in [0.3, 0.4) is 0 Å². The summed E-state index contributed by atoms with van der Waals surface area (Å²) in [5.74, 6) is -1.14. The van der Waals surface area contributed by atoms with Crippen LogP contribution in [0.5, 0.6) is 0 Å². The van der Waals surface area contributed by atoms with Crippen LogP contribution in [0.1, 0.15) is 47.2 Å². The number of hydrogen-bond acceptors (Lipinski definition) is 3. The Morgan fingerprint density at radius 3 is 2.52 bits per heavy atom. The number of ether oxygens (including phenoxy) is 1. The Bertz CT molecular complexity index is 593. The zero-order chi connectivity index (χ0) is 16.2. The number of fused-ring (bicyclic) bond motifs is 1. The van der Waals surface area contributed by atoms with Crippen LogP contribution in [0, 0.1) is 0 Å². The highest BCUT2D eigenvalue weighted by Gasteiger charge is 2.28. The highest BCUT2D eigenvalue weighted by molar-refractivity contribution is 5.96. The standard InChI is InChI=1S/C18H23NO4/c20-17(21)12-19(16-7-9-23-10-8-16)18(22)15-6-5-13-3-1-2-4-14(13)11-15/h5-6,11,16H,1-4,7-10,12H2,(H,20,21). The maximum absolute atomic E-state index is 12.9. The molecular formula is C18H23NO4. The summed E-state index contributed by atoms with van der Waals surface area (Å²) < 4.78 is 5.33. The van der Waals surface area contributed by atoms with Gasteiger partial charge in [0.05, 0.1) is 0 Å². The lowest BCUT2D eigenvalue weighted by molar-refractivity contribution is -0.138. The molecule has 1 aromatic carbocycles. The lowest BCUT2D eigenvalue weighted by atomic mass is 9.90. The fraction of sp³-hybridized carbons (Fsp3) is 0.556. The van der Waals surface area contributed by atoms with Gasteiger partial charge in [0, 0.05) is 24.8 Å². The van der Waals surface area contributed by atoms with Gasteiger partial charge in [0.2, 0.25) is 0 Å². The van der Waals surface area contributed by atoms with E-state index < -0.39 is 5.97 Å². The number of amides is 1. The van der Waals surface area contributed by atoms with Gasteiger partial charge in [-0.2, -0.15) is 0 Å². The second-order valence-corrected chi connectivity index (χ2v) is 6.36. The summed E-state index contributed by atoms with van der Waals surface area (Å²) in [6.45, 7) is 0.914. The van der Waals surface area contributed by atoms with Crippen molar-refractivity contribution in [3.05, 3.63) is 34.9 Å². The molecule has 0 atom stereocenters. The first-order valence-electron chi connectivity index (χ1n) is 8.37. The maximum atomic E-state index is 12.9. The van der Waals surface area contributed by atoms with Gasteiger partial charge in [0.25, 0.3) is 5.91 Å². The lowest BCUT2D eigenvalue weighted by Gasteiger charge is -2.33. The third kappa shape index (κ3) is 3.72. The van der Waals surface area contributed by atoms with E-state index in [2.05, 4.69) is 0 Å². The molecule has 2 aliphatic rings. The maximum Gasteiger partial charge on any atom is 0.323 e. The van der Waals surface area contributed by atoms with Crippen LogP contribution < -0.4 is 0 Å². The molecule has 0 bridgehead atoms. The van der Waals surface area contributed by atoms with Gasteiger partial charge in [-0.3, -0.25) is 9.59 Å². The van der Waals surface area contributed by atoms with Crippen LogP contribution in [0.15, 0.2) is 18.2 Å². The number of hydrogen-bond donors (Lipinski definition) is 1. The van der Waals surface area contributed by atoms with Gasteiger partial charge < -0.3 is 14.7 Å². The van der Waals surface area contributed by atoms with Crippen LogP contribution in [0.4, 0.5) is 0 Å². The van der Waals surface area contributed by atoms with Gasteiger partial charge in [-0.15, -0.1) is 0 Å². The van der Waals surface area contributed by atoms with E-state index in [1.165, 1.54) is 22.4 Å². The summed E-state index contributed by atoms with van der Waals surface area (Å²) in [6, 6.07) is 5.79. The lowest BCUT2D eigenvalue weighted by Crippen LogP contribution is -2.46. The number of rotatable bonds is 4. The van der Waals surface area contributed by atoms with Crippen molar-refractivity contribution in [1.82, 2.24) is 4.90 Å². The number of aliphatic carboxylic acids is 1. The molecule has 0 aromatic heterocycles. The first kappa shape index (κ1) is 16.0. The van der Waals surface area contributed by atoms with Gasteiger partial charge in [-0.25, -0.2) is 0 Å². The molecule has 1 saturated heterocycles. The third-order valence-corrected chi connectivity index (χ3v) is 4.79. The van der Waals surface area contributed by atoms with Crippen molar-refractivity contribution < 1.29 is 19.4 Å². The van der Waals surface area contributed by atoms with Crippen LogP contribution in [0.25, 0.3) is 0 Å². The Hall–Kier alpha value is -1.88. The van der Waals surface area contributed by atoms with E-state index >= 15 is 0 Å². The van der Waals surface area contributed by atoms with Crippen molar-refractivity contribution in [2.45, 2.75) is 44.6 Å². The monoisotopic (exact) mass is 317 g/mol. The molecule has 5 heteroatoms. The van der Waals surface area contributed by atoms with E-state index in [0.717, 1.165) is 19.3 Å². The predicted octanol–water partition coefficient (Wildman–Crippen LogP) is 2.27. The van der Waals surface area contributed by atoms with E-state index in [1.807, 2.05) is 18.2 Å². The van der Waals surface area contributed by atoms with Crippen molar-refractivity contribution in [3.8, 4) is 0 Å². The predicted molar refractivity (Wildman–Crippen MR) is 85.6 cm³/mol. The summed E-state index contributed by atoms with van der Waals surface area (Å²) in [6.07, 6.45) is 5.83.